The Balaban J connectivity index is 1.65. The van der Waals surface area contributed by atoms with Crippen molar-refractivity contribution in [2.24, 2.45) is 17.8 Å². The van der Waals surface area contributed by atoms with Gasteiger partial charge in [0, 0.05) is 12.6 Å². The molecular weight excluding hydrogens is 460 g/mol. The van der Waals surface area contributed by atoms with Gasteiger partial charge >= 0.3 is 5.97 Å². The third kappa shape index (κ3) is 3.83. The van der Waals surface area contributed by atoms with E-state index in [0.717, 1.165) is 32.1 Å². The number of rotatable bonds is 4. The molecule has 0 radical (unpaired) electrons. The summed E-state index contributed by atoms with van der Waals surface area (Å²) in [5.41, 5.74) is -2.38. The van der Waals surface area contributed by atoms with E-state index in [1.165, 1.54) is 6.42 Å². The second kappa shape index (κ2) is 9.60. The number of aliphatic hydroxyl groups excluding tert-OH is 1. The van der Waals surface area contributed by atoms with Gasteiger partial charge in [-0.3, -0.25) is 14.4 Å². The van der Waals surface area contributed by atoms with E-state index in [0.29, 0.717) is 13.0 Å². The Hall–Kier alpha value is -2.19. The number of likely N-dealkylation sites (tertiary alicyclic amines) is 1. The maximum atomic E-state index is 14.4. The van der Waals surface area contributed by atoms with Crippen molar-refractivity contribution in [3.05, 3.63) is 24.3 Å². The van der Waals surface area contributed by atoms with Crippen molar-refractivity contribution in [1.29, 1.82) is 0 Å². The molecule has 0 aromatic carbocycles. The van der Waals surface area contributed by atoms with E-state index in [4.69, 9.17) is 9.47 Å². The summed E-state index contributed by atoms with van der Waals surface area (Å²) >= 11 is 0. The molecule has 1 spiro atoms. The maximum Gasteiger partial charge on any atom is 0.313 e. The average Bonchev–Trinajstić information content (AvgIpc) is 3.19. The number of aliphatic hydroxyl groups is 1. The summed E-state index contributed by atoms with van der Waals surface area (Å²) in [4.78, 5) is 45.7. The molecule has 198 valence electrons. The molecule has 2 amide bonds. The van der Waals surface area contributed by atoms with E-state index in [2.05, 4.69) is 0 Å². The van der Waals surface area contributed by atoms with E-state index >= 15 is 0 Å². The number of carbonyl (C=O) groups excluding carboxylic acids is 3. The molecule has 0 bridgehead atoms. The van der Waals surface area contributed by atoms with Crippen molar-refractivity contribution >= 4 is 17.8 Å². The number of nitrogens with zero attached hydrogens (tertiary/aromatic N) is 2. The Morgan fingerprint density at radius 2 is 1.78 bits per heavy atom. The molecule has 6 atom stereocenters. The molecule has 1 aliphatic carbocycles. The lowest BCUT2D eigenvalue weighted by molar-refractivity contribution is -0.162. The third-order valence-electron chi connectivity index (χ3n) is 9.05. The first-order valence-corrected chi connectivity index (χ1v) is 13.7. The van der Waals surface area contributed by atoms with Crippen molar-refractivity contribution in [2.45, 2.75) is 95.0 Å². The van der Waals surface area contributed by atoms with Crippen LogP contribution in [0.3, 0.4) is 0 Å². The molecule has 1 saturated carbocycles. The molecule has 4 heterocycles. The highest BCUT2D eigenvalue weighted by Crippen LogP contribution is 2.58. The van der Waals surface area contributed by atoms with E-state index in [-0.39, 0.29) is 37.0 Å². The fourth-order valence-corrected chi connectivity index (χ4v) is 7.29. The Kier molecular flexibility index (Phi) is 6.79. The highest BCUT2D eigenvalue weighted by molar-refractivity contribution is 5.99. The molecule has 0 aromatic heterocycles. The van der Waals surface area contributed by atoms with Gasteiger partial charge in [0.15, 0.2) is 0 Å². The van der Waals surface area contributed by atoms with Crippen LogP contribution in [0.2, 0.25) is 0 Å². The van der Waals surface area contributed by atoms with Gasteiger partial charge in [-0.2, -0.15) is 0 Å². The first kappa shape index (κ1) is 25.5. The molecule has 8 heteroatoms. The molecular formula is C28H40N2O6. The van der Waals surface area contributed by atoms with Crippen LogP contribution >= 0.6 is 0 Å². The van der Waals surface area contributed by atoms with Crippen LogP contribution in [-0.4, -0.2) is 81.8 Å². The minimum atomic E-state index is -1.30. The number of carbonyl (C=O) groups is 3. The number of hydrogen-bond acceptors (Lipinski definition) is 6. The zero-order valence-corrected chi connectivity index (χ0v) is 21.7. The quantitative estimate of drug-likeness (QED) is 0.471. The predicted octanol–water partition coefficient (Wildman–Crippen LogP) is 2.60. The lowest BCUT2D eigenvalue weighted by Gasteiger charge is -2.43. The van der Waals surface area contributed by atoms with Crippen molar-refractivity contribution < 1.29 is 29.0 Å². The molecule has 36 heavy (non-hydrogen) atoms. The highest BCUT2D eigenvalue weighted by Gasteiger charge is 2.75. The summed E-state index contributed by atoms with van der Waals surface area (Å²) < 4.78 is 12.4. The van der Waals surface area contributed by atoms with E-state index in [1.807, 2.05) is 50.0 Å². The summed E-state index contributed by atoms with van der Waals surface area (Å²) in [6.45, 7) is 6.17. The smallest absolute Gasteiger partial charge is 0.313 e. The fraction of sp³-hybridized carbons (Fsp3) is 0.750. The number of esters is 1. The summed E-state index contributed by atoms with van der Waals surface area (Å²) in [7, 11) is 0. The van der Waals surface area contributed by atoms with Gasteiger partial charge in [0.2, 0.25) is 11.8 Å². The molecule has 5 aliphatic rings. The predicted molar refractivity (Wildman–Crippen MR) is 133 cm³/mol. The van der Waals surface area contributed by atoms with E-state index in [9.17, 15) is 19.5 Å². The van der Waals surface area contributed by atoms with Crippen LogP contribution in [0.5, 0.6) is 0 Å². The summed E-state index contributed by atoms with van der Waals surface area (Å²) in [6.07, 6.45) is 14.4. The van der Waals surface area contributed by atoms with Crippen LogP contribution in [0, 0.1) is 17.8 Å². The summed E-state index contributed by atoms with van der Waals surface area (Å²) in [5, 5.41) is 10.4. The number of amides is 2. The Bertz CT molecular complexity index is 956. The van der Waals surface area contributed by atoms with Gasteiger partial charge in [0.25, 0.3) is 0 Å². The van der Waals surface area contributed by atoms with Gasteiger partial charge in [-0.1, -0.05) is 57.4 Å². The van der Waals surface area contributed by atoms with Crippen molar-refractivity contribution in [3.8, 4) is 0 Å². The lowest BCUT2D eigenvalue weighted by Crippen LogP contribution is -2.60. The first-order chi connectivity index (χ1) is 17.2. The molecule has 0 aromatic rings. The van der Waals surface area contributed by atoms with Crippen LogP contribution in [0.1, 0.15) is 65.7 Å². The van der Waals surface area contributed by atoms with Gasteiger partial charge in [-0.25, -0.2) is 0 Å². The third-order valence-corrected chi connectivity index (χ3v) is 9.05. The monoisotopic (exact) mass is 500 g/mol. The normalized spacial score (nSPS) is 39.0. The Labute approximate surface area is 213 Å². The van der Waals surface area contributed by atoms with Gasteiger partial charge in [-0.05, 0) is 38.5 Å². The molecule has 8 nitrogen and oxygen atoms in total. The minimum absolute atomic E-state index is 0.0863. The summed E-state index contributed by atoms with van der Waals surface area (Å²) in [6, 6.07) is -1.39. The van der Waals surface area contributed by atoms with Crippen LogP contribution in [-0.2, 0) is 23.9 Å². The number of cyclic esters (lactones) is 1. The van der Waals surface area contributed by atoms with Gasteiger partial charge in [-0.15, -0.1) is 0 Å². The van der Waals surface area contributed by atoms with Gasteiger partial charge < -0.3 is 24.4 Å². The standard InChI is InChI=1S/C28H40N2O6/c1-18(2)20(17-31)30-23-25(33)29(19-11-6-4-7-12-19)15-10-14-28(23)21(24(30)32)22-26(34)35-16-9-5-8-13-27(22,3)36-28/h8,10,13-14,18-23,31H,4-7,9,11-12,15-17H2,1-3H3/b13-8-/t20-,21-,22+,23?,27-,28-/m0/s1. The zero-order chi connectivity index (χ0) is 25.7. The number of hydrogen-bond donors (Lipinski definition) is 1. The van der Waals surface area contributed by atoms with Crippen molar-refractivity contribution in [2.75, 3.05) is 19.8 Å². The summed E-state index contributed by atoms with van der Waals surface area (Å²) in [5.74, 6) is -2.78. The Morgan fingerprint density at radius 3 is 2.47 bits per heavy atom. The van der Waals surface area contributed by atoms with Crippen LogP contribution in [0.25, 0.3) is 0 Å². The molecule has 4 aliphatic heterocycles. The number of ether oxygens (including phenoxy) is 2. The number of allylic oxidation sites excluding steroid dienone is 1. The lowest BCUT2D eigenvalue weighted by atomic mass is 9.74. The van der Waals surface area contributed by atoms with Crippen molar-refractivity contribution in [1.82, 2.24) is 9.80 Å². The second-order valence-corrected chi connectivity index (χ2v) is 11.6. The highest BCUT2D eigenvalue weighted by atomic mass is 16.6. The van der Waals surface area contributed by atoms with Crippen LogP contribution < -0.4 is 0 Å². The molecule has 1 unspecified atom stereocenters. The van der Waals surface area contributed by atoms with E-state index < -0.39 is 41.1 Å². The average molecular weight is 501 g/mol. The minimum Gasteiger partial charge on any atom is -0.465 e. The van der Waals surface area contributed by atoms with Gasteiger partial charge in [0.1, 0.15) is 17.6 Å². The molecule has 5 rings (SSSR count). The van der Waals surface area contributed by atoms with Crippen LogP contribution in [0.4, 0.5) is 0 Å². The largest absolute Gasteiger partial charge is 0.465 e. The topological polar surface area (TPSA) is 96.4 Å². The molecule has 3 fully saturated rings. The van der Waals surface area contributed by atoms with Crippen LogP contribution in [0.15, 0.2) is 24.3 Å². The van der Waals surface area contributed by atoms with Crippen molar-refractivity contribution in [3.63, 3.8) is 0 Å². The molecule has 1 N–H and O–H groups in total. The zero-order valence-electron chi connectivity index (χ0n) is 21.7. The maximum absolute atomic E-state index is 14.4. The number of fused-ring (bicyclic) bond motifs is 2. The Morgan fingerprint density at radius 1 is 1.03 bits per heavy atom. The molecule has 2 saturated heterocycles. The van der Waals surface area contributed by atoms with E-state index in [1.54, 1.807) is 4.90 Å². The SMILES string of the molecule is CC(C)[C@H](CO)N1C(=O)[C@@H]2[C@@H]3C(=O)OCCC/C=C\[C@]3(C)O[C@@]23C=CCN(C2CCCCC2)C(=O)C13. The van der Waals surface area contributed by atoms with Gasteiger partial charge in [0.05, 0.1) is 30.8 Å². The first-order valence-electron chi connectivity index (χ1n) is 13.7. The second-order valence-electron chi connectivity index (χ2n) is 11.6. The fourth-order valence-electron chi connectivity index (χ4n) is 7.29.